The van der Waals surface area contributed by atoms with Gasteiger partial charge in [0.25, 0.3) is 23.6 Å². The summed E-state index contributed by atoms with van der Waals surface area (Å²) in [6, 6.07) is 52.1. The van der Waals surface area contributed by atoms with Crippen molar-refractivity contribution in [2.45, 2.75) is 197 Å². The van der Waals surface area contributed by atoms with Crippen LogP contribution >= 0.6 is 11.8 Å². The number of aromatic nitrogens is 12. The number of aryl methyl sites for hydroxylation is 4. The maximum atomic E-state index is 13.3. The Morgan fingerprint density at radius 1 is 0.344 bits per heavy atom. The van der Waals surface area contributed by atoms with Crippen LogP contribution < -0.4 is 19.6 Å². The lowest BCUT2D eigenvalue weighted by Crippen LogP contribution is -2.48. The highest BCUT2D eigenvalue weighted by Gasteiger charge is 2.50. The fourth-order valence-corrected chi connectivity index (χ4v) is 18.8. The highest BCUT2D eigenvalue weighted by Crippen LogP contribution is 2.43. The summed E-state index contributed by atoms with van der Waals surface area (Å²) in [4.78, 5) is 105. The molecule has 29 heteroatoms. The molecule has 12 aromatic rings. The van der Waals surface area contributed by atoms with Gasteiger partial charge in [0.15, 0.2) is 23.3 Å². The molecule has 28 nitrogen and oxygen atoms in total. The van der Waals surface area contributed by atoms with E-state index in [1.807, 2.05) is 108 Å². The molecule has 4 aromatic carbocycles. The number of pyridine rings is 4. The van der Waals surface area contributed by atoms with Gasteiger partial charge in [-0.25, -0.2) is 20.0 Å². The lowest BCUT2D eigenvalue weighted by molar-refractivity contribution is 0.0854. The van der Waals surface area contributed by atoms with Gasteiger partial charge < -0.3 is 0 Å². The largest absolute Gasteiger partial charge is 0.292 e. The molecule has 0 unspecified atom stereocenters. The van der Waals surface area contributed by atoms with Crippen molar-refractivity contribution in [3.8, 4) is 45.0 Å². The number of fused-ring (bicyclic) bond motifs is 12. The van der Waals surface area contributed by atoms with Crippen molar-refractivity contribution >= 4 is 82.5 Å². The maximum absolute atomic E-state index is 13.3. The van der Waals surface area contributed by atoms with Gasteiger partial charge in [0, 0.05) is 74.7 Å². The molecule has 676 valence electrons. The molecule has 0 aliphatic carbocycles. The summed E-state index contributed by atoms with van der Waals surface area (Å²) in [5.41, 5.74) is 21.9. The molecular formula is C102H118N24O4S. The molecule has 0 saturated heterocycles. The Morgan fingerprint density at radius 2 is 0.634 bits per heavy atom. The standard InChI is InChI=1S/C26H30N6O.C25H28N6OS.2C25H28N6O.CH4/c1-6-7-21-22-23(31-16-26(3,4)28-25(31)30(5)24(22)33)29-32(21)15-18-9-11-19(12-10-18)20-13-8-17(2)14-27-20;1-6-33-23-20-21(30-15-25(3,4)27-24(30)29(5)22(20)32)28-31(23)14-17-8-10-18(11-9-17)19-12-7-16(2)13-26-19;1-6-20-21-22(30-15-25(3,4)27-24(30)29(5)23(21)32)28-31(20)14-17-8-10-18(11-9-17)19-12-7-16(2)13-26-19;1-6-20-21-22(30-15-25(3,4)27-24(30)29(5)23(21)32)28-31(20)14-17-10-12-18(13-11-17)19-9-7-8-16(2)26-19;/h8-14H,6-7,15-16H2,1-5H3;7-13H,6,14-15H2,1-5H3;2*7-13H,6,14-15H2,1-5H3;1H4. The number of rotatable bonds is 18. The summed E-state index contributed by atoms with van der Waals surface area (Å²) in [5, 5.41) is 20.6. The number of guanidine groups is 4. The Hall–Kier alpha value is -13.6. The Morgan fingerprint density at radius 3 is 0.931 bits per heavy atom. The molecule has 0 radical (unpaired) electrons. The van der Waals surface area contributed by atoms with Crippen LogP contribution in [0.4, 0.5) is 23.3 Å². The van der Waals surface area contributed by atoms with Gasteiger partial charge in [0.2, 0.25) is 23.8 Å². The van der Waals surface area contributed by atoms with E-state index in [9.17, 15) is 19.2 Å². The fourth-order valence-electron chi connectivity index (χ4n) is 17.9. The van der Waals surface area contributed by atoms with Crippen LogP contribution in [0, 0.1) is 27.7 Å². The van der Waals surface area contributed by atoms with Gasteiger partial charge in [0.05, 0.1) is 114 Å². The predicted octanol–water partition coefficient (Wildman–Crippen LogP) is 17.2. The van der Waals surface area contributed by atoms with Crippen LogP contribution in [0.1, 0.15) is 200 Å². The maximum Gasteiger partial charge on any atom is 0.266 e. The number of carbonyl (C=O) groups excluding carboxylic acids is 4. The molecule has 4 amide bonds. The second kappa shape index (κ2) is 35.7. The van der Waals surface area contributed by atoms with Crippen LogP contribution in [0.3, 0.4) is 0 Å². The quantitative estimate of drug-likeness (QED) is 0.0722. The molecule has 0 bridgehead atoms. The number of nitrogens with zero attached hydrogens (tertiary/aromatic N) is 24. The minimum Gasteiger partial charge on any atom is -0.292 e. The second-order valence-electron chi connectivity index (χ2n) is 37.3. The van der Waals surface area contributed by atoms with Crippen LogP contribution in [0.25, 0.3) is 45.0 Å². The van der Waals surface area contributed by atoms with Gasteiger partial charge in [-0.05, 0) is 177 Å². The number of benzene rings is 4. The number of thioether (sulfide) groups is 1. The van der Waals surface area contributed by atoms with Crippen LogP contribution in [-0.4, -0.2) is 208 Å². The predicted molar refractivity (Wildman–Crippen MR) is 523 cm³/mol. The van der Waals surface area contributed by atoms with Crippen LogP contribution in [0.5, 0.6) is 0 Å². The van der Waals surface area contributed by atoms with Crippen molar-refractivity contribution in [2.24, 2.45) is 20.0 Å². The number of aliphatic imine (C=N–C) groups is 4. The zero-order valence-electron chi connectivity index (χ0n) is 78.1. The third-order valence-corrected chi connectivity index (χ3v) is 25.4. The third kappa shape index (κ3) is 17.8. The van der Waals surface area contributed by atoms with E-state index in [1.165, 1.54) is 0 Å². The van der Waals surface area contributed by atoms with E-state index < -0.39 is 0 Å². The second-order valence-corrected chi connectivity index (χ2v) is 38.5. The van der Waals surface area contributed by atoms with Crippen LogP contribution in [-0.2, 0) is 45.4 Å². The first-order valence-electron chi connectivity index (χ1n) is 44.8. The number of amides is 4. The van der Waals surface area contributed by atoms with Crippen LogP contribution in [0.2, 0.25) is 0 Å². The van der Waals surface area contributed by atoms with Crippen LogP contribution in [0.15, 0.2) is 195 Å². The molecule has 0 fully saturated rings. The van der Waals surface area contributed by atoms with Gasteiger partial charge >= 0.3 is 0 Å². The minimum atomic E-state index is -0.257. The van der Waals surface area contributed by atoms with E-state index in [0.29, 0.717) is 92.9 Å². The van der Waals surface area contributed by atoms with E-state index >= 15 is 0 Å². The van der Waals surface area contributed by atoms with Gasteiger partial charge in [-0.15, -0.1) is 11.8 Å². The monoisotopic (exact) mass is 1770 g/mol. The van der Waals surface area contributed by atoms with E-state index in [4.69, 9.17) is 40.4 Å². The average molecular weight is 1780 g/mol. The van der Waals surface area contributed by atoms with E-state index in [-0.39, 0.29) is 53.2 Å². The summed E-state index contributed by atoms with van der Waals surface area (Å²) in [5.74, 6) is 6.42. The Balaban J connectivity index is 0.000000127. The molecular weight excluding hydrogens is 1660 g/mol. The lowest BCUT2D eigenvalue weighted by Gasteiger charge is -2.30. The first-order chi connectivity index (χ1) is 62.1. The van der Waals surface area contributed by atoms with E-state index in [1.54, 1.807) is 52.5 Å². The topological polar surface area (TPSA) is 266 Å². The summed E-state index contributed by atoms with van der Waals surface area (Å²) in [6.07, 6.45) is 8.87. The Labute approximate surface area is 772 Å². The van der Waals surface area contributed by atoms with E-state index in [2.05, 4.69) is 238 Å². The van der Waals surface area contributed by atoms with Gasteiger partial charge in [-0.1, -0.05) is 163 Å². The Bertz CT molecular complexity index is 6310. The third-order valence-electron chi connectivity index (χ3n) is 24.4. The van der Waals surface area contributed by atoms with E-state index in [0.717, 1.165) is 172 Å². The average Bonchev–Trinajstić information content (AvgIpc) is 1.59. The highest BCUT2D eigenvalue weighted by atomic mass is 32.2. The molecule has 0 atom stereocenters. The SMILES string of the molecule is C.CCCc1c2c(nn1Cc1ccc(-c3ccc(C)cn3)cc1)N1CC(C)(C)N=C1N(C)C2=O.CCSc1c2c(nn1Cc1ccc(-c3ccc(C)cn3)cc1)N1CC(C)(C)N=C1N(C)C2=O.CCc1c2c(nn1Cc1ccc(-c3ccc(C)cn3)cc1)N1CC(C)(C)N=C1N(C)C2=O.CCc1c2c(nn1Cc1ccc(-c3cccc(C)n3)cc1)N1CC(C)(C)N=C1N(C)C2=O. The zero-order valence-corrected chi connectivity index (χ0v) is 78.9. The smallest absolute Gasteiger partial charge is 0.266 e. The number of anilines is 4. The molecule has 8 aliphatic rings. The molecule has 8 aliphatic heterocycles. The molecule has 0 N–H and O–H groups in total. The number of hydrogen-bond donors (Lipinski definition) is 0. The van der Waals surface area contributed by atoms with Gasteiger partial charge in [0.1, 0.15) is 27.3 Å². The molecule has 20 rings (SSSR count). The van der Waals surface area contributed by atoms with Gasteiger partial charge in [-0.2, -0.15) is 20.4 Å². The summed E-state index contributed by atoms with van der Waals surface area (Å²) in [7, 11) is 7.21. The molecule has 131 heavy (non-hydrogen) atoms. The number of carbonyl (C=O) groups is 4. The fraction of sp³-hybridized carbons (Fsp3) is 0.373. The summed E-state index contributed by atoms with van der Waals surface area (Å²) in [6.45, 7) is 38.4. The minimum absolute atomic E-state index is 0. The zero-order chi connectivity index (χ0) is 91.9. The van der Waals surface area contributed by atoms with Crippen molar-refractivity contribution < 1.29 is 19.2 Å². The highest BCUT2D eigenvalue weighted by molar-refractivity contribution is 7.99. The summed E-state index contributed by atoms with van der Waals surface area (Å²) >= 11 is 1.66. The normalized spacial score (nSPS) is 16.6. The summed E-state index contributed by atoms with van der Waals surface area (Å²) < 4.78 is 7.93. The van der Waals surface area contributed by atoms with Crippen molar-refractivity contribution in [3.63, 3.8) is 0 Å². The number of hydrogen-bond acceptors (Lipinski definition) is 21. The molecule has 0 spiro atoms. The Kier molecular flexibility index (Phi) is 24.7. The first kappa shape index (κ1) is 90.8. The molecule has 8 aromatic heterocycles. The van der Waals surface area contributed by atoms with Crippen molar-refractivity contribution in [2.75, 3.05) is 79.7 Å². The van der Waals surface area contributed by atoms with Crippen molar-refractivity contribution in [3.05, 3.63) is 254 Å². The molecule has 16 heterocycles. The van der Waals surface area contributed by atoms with Gasteiger partial charge in [-0.3, -0.25) is 97.0 Å². The van der Waals surface area contributed by atoms with Crippen molar-refractivity contribution in [1.29, 1.82) is 0 Å². The molecule has 0 saturated carbocycles. The first-order valence-corrected chi connectivity index (χ1v) is 45.8. The lowest BCUT2D eigenvalue weighted by atomic mass is 10.1. The van der Waals surface area contributed by atoms with Crippen molar-refractivity contribution in [1.82, 2.24) is 78.7 Å².